The van der Waals surface area contributed by atoms with E-state index in [-0.39, 0.29) is 12.1 Å². The topological polar surface area (TPSA) is 49.1 Å². The van der Waals surface area contributed by atoms with Crippen molar-refractivity contribution in [2.75, 3.05) is 14.7 Å². The summed E-state index contributed by atoms with van der Waals surface area (Å²) in [6, 6.07) is 89.3. The van der Waals surface area contributed by atoms with Crippen molar-refractivity contribution in [2.45, 2.75) is 26.2 Å². The van der Waals surface area contributed by atoms with Crippen LogP contribution in [0.5, 0.6) is 0 Å². The maximum atomic E-state index is 6.64. The Morgan fingerprint density at radius 3 is 1.43 bits per heavy atom. The van der Waals surface area contributed by atoms with E-state index in [0.717, 1.165) is 118 Å². The normalized spacial score (nSPS) is 12.8. The minimum atomic E-state index is -0.109. The fourth-order valence-corrected chi connectivity index (χ4v) is 11.8. The van der Waals surface area contributed by atoms with Crippen LogP contribution in [-0.4, -0.2) is 6.71 Å². The third-order valence-electron chi connectivity index (χ3n) is 15.6. The Bertz CT molecular complexity index is 4310. The van der Waals surface area contributed by atoms with E-state index >= 15 is 0 Å². The van der Waals surface area contributed by atoms with E-state index in [1.54, 1.807) is 0 Å². The highest BCUT2D eigenvalue weighted by atomic mass is 16.3. The van der Waals surface area contributed by atoms with E-state index in [0.29, 0.717) is 0 Å². The van der Waals surface area contributed by atoms with Gasteiger partial charge in [-0.05, 0) is 149 Å². The van der Waals surface area contributed by atoms with Gasteiger partial charge in [-0.25, -0.2) is 0 Å². The number of anilines is 9. The van der Waals surface area contributed by atoms with Gasteiger partial charge < -0.3 is 28.0 Å². The Hall–Kier alpha value is -9.72. The summed E-state index contributed by atoms with van der Waals surface area (Å²) >= 11 is 0. The zero-order valence-corrected chi connectivity index (χ0v) is 42.8. The molecular formula is C70H50BN3O3. The standard InChI is InChI=1S/C70H50BN3O3/c1-70(2,3)51-31-35-54(36-32-51)72(53-33-28-45(29-34-53)66-40-47-16-7-12-25-63(47)75-66)56-43-61-69-62(44-56)74(55-22-15-19-46(38-55)67-41-48-17-8-13-26-64(48)76-67)60-39-50(68-42-49-18-9-14-27-65(49)77-68)30-37-58(60)71(69)57-23-10-11-24-59(57)73(61)52-20-5-4-6-21-52/h4-44H,1-3H3. The molecule has 366 valence electrons. The first-order valence-electron chi connectivity index (χ1n) is 26.4. The van der Waals surface area contributed by atoms with Gasteiger partial charge in [0.05, 0.1) is 5.69 Å². The highest BCUT2D eigenvalue weighted by molar-refractivity contribution is 7.00. The van der Waals surface area contributed by atoms with Gasteiger partial charge in [0.2, 0.25) is 0 Å². The molecule has 0 unspecified atom stereocenters. The quantitative estimate of drug-likeness (QED) is 0.141. The minimum Gasteiger partial charge on any atom is -0.456 e. The van der Waals surface area contributed by atoms with Crippen LogP contribution in [0.1, 0.15) is 26.3 Å². The summed E-state index contributed by atoms with van der Waals surface area (Å²) in [4.78, 5) is 7.36. The molecule has 2 aliphatic heterocycles. The van der Waals surface area contributed by atoms with Crippen molar-refractivity contribution in [1.82, 2.24) is 0 Å². The molecule has 0 amide bonds. The number of hydrogen-bond acceptors (Lipinski definition) is 6. The second-order valence-corrected chi connectivity index (χ2v) is 21.3. The molecule has 6 nitrogen and oxygen atoms in total. The van der Waals surface area contributed by atoms with Gasteiger partial charge in [-0.3, -0.25) is 0 Å². The molecule has 0 atom stereocenters. The summed E-state index contributed by atoms with van der Waals surface area (Å²) in [6.07, 6.45) is 0. The van der Waals surface area contributed by atoms with Gasteiger partial charge in [-0.2, -0.15) is 0 Å². The molecule has 0 radical (unpaired) electrons. The van der Waals surface area contributed by atoms with Crippen molar-refractivity contribution in [3.63, 3.8) is 0 Å². The predicted octanol–water partition coefficient (Wildman–Crippen LogP) is 17.8. The van der Waals surface area contributed by atoms with Gasteiger partial charge in [0.15, 0.2) is 0 Å². The van der Waals surface area contributed by atoms with Crippen LogP contribution in [0.25, 0.3) is 66.9 Å². The lowest BCUT2D eigenvalue weighted by Gasteiger charge is -2.45. The second-order valence-electron chi connectivity index (χ2n) is 21.3. The molecule has 10 aromatic carbocycles. The molecule has 77 heavy (non-hydrogen) atoms. The first-order chi connectivity index (χ1) is 37.8. The maximum absolute atomic E-state index is 6.64. The minimum absolute atomic E-state index is 0.0296. The molecule has 2 aliphatic rings. The number of fused-ring (bicyclic) bond motifs is 7. The zero-order valence-electron chi connectivity index (χ0n) is 42.8. The lowest BCUT2D eigenvalue weighted by molar-refractivity contribution is 0.590. The van der Waals surface area contributed by atoms with Gasteiger partial charge in [-0.1, -0.05) is 148 Å². The van der Waals surface area contributed by atoms with Crippen LogP contribution < -0.4 is 31.1 Å². The van der Waals surface area contributed by atoms with E-state index in [1.807, 2.05) is 36.4 Å². The Kier molecular flexibility index (Phi) is 10.1. The Morgan fingerprint density at radius 1 is 0.351 bits per heavy atom. The van der Waals surface area contributed by atoms with Crippen LogP contribution in [0.15, 0.2) is 262 Å². The molecule has 5 heterocycles. The van der Waals surface area contributed by atoms with Crippen molar-refractivity contribution >= 4 is 107 Å². The summed E-state index contributed by atoms with van der Waals surface area (Å²) in [5.41, 5.74) is 20.0. The average molecular weight is 992 g/mol. The van der Waals surface area contributed by atoms with Gasteiger partial charge in [0, 0.05) is 78.3 Å². The largest absolute Gasteiger partial charge is 0.456 e. The monoisotopic (exact) mass is 991 g/mol. The summed E-state index contributed by atoms with van der Waals surface area (Å²) in [6.45, 7) is 6.70. The Balaban J connectivity index is 1.00. The number of nitrogens with zero attached hydrogens (tertiary/aromatic N) is 3. The molecule has 0 spiro atoms. The van der Waals surface area contributed by atoms with E-state index in [9.17, 15) is 0 Å². The molecule has 13 aromatic rings. The van der Waals surface area contributed by atoms with E-state index in [4.69, 9.17) is 13.3 Å². The third kappa shape index (κ3) is 7.49. The molecule has 0 bridgehead atoms. The van der Waals surface area contributed by atoms with Gasteiger partial charge in [0.1, 0.15) is 34.0 Å². The van der Waals surface area contributed by atoms with Crippen molar-refractivity contribution in [2.24, 2.45) is 0 Å². The molecule has 0 N–H and O–H groups in total. The highest BCUT2D eigenvalue weighted by Gasteiger charge is 2.44. The fraction of sp³-hybridized carbons (Fsp3) is 0.0571. The van der Waals surface area contributed by atoms with Crippen LogP contribution in [0.2, 0.25) is 0 Å². The lowest BCUT2D eigenvalue weighted by atomic mass is 9.33. The molecule has 3 aromatic heterocycles. The fourth-order valence-electron chi connectivity index (χ4n) is 11.8. The molecule has 7 heteroatoms. The average Bonchev–Trinajstić information content (AvgIpc) is 4.29. The van der Waals surface area contributed by atoms with Crippen LogP contribution >= 0.6 is 0 Å². The summed E-state index contributed by atoms with van der Waals surface area (Å²) < 4.78 is 19.6. The number of rotatable bonds is 8. The zero-order chi connectivity index (χ0) is 51.4. The van der Waals surface area contributed by atoms with Crippen LogP contribution in [0.3, 0.4) is 0 Å². The smallest absolute Gasteiger partial charge is 0.252 e. The Labute approximate surface area is 447 Å². The molecule has 0 aliphatic carbocycles. The molecule has 0 saturated heterocycles. The van der Waals surface area contributed by atoms with Crippen molar-refractivity contribution < 1.29 is 13.3 Å². The van der Waals surface area contributed by atoms with Crippen LogP contribution in [0, 0.1) is 0 Å². The number of hydrogen-bond donors (Lipinski definition) is 0. The van der Waals surface area contributed by atoms with Crippen molar-refractivity contribution in [3.8, 4) is 34.0 Å². The molecule has 0 fully saturated rings. The Morgan fingerprint density at radius 2 is 0.831 bits per heavy atom. The summed E-state index contributed by atoms with van der Waals surface area (Å²) in [7, 11) is 0. The summed E-state index contributed by atoms with van der Waals surface area (Å²) in [5, 5.41) is 3.22. The molecular weight excluding hydrogens is 942 g/mol. The van der Waals surface area contributed by atoms with Crippen LogP contribution in [0.4, 0.5) is 51.2 Å². The van der Waals surface area contributed by atoms with E-state index in [1.165, 1.54) is 22.0 Å². The van der Waals surface area contributed by atoms with Crippen molar-refractivity contribution in [1.29, 1.82) is 0 Å². The van der Waals surface area contributed by atoms with Crippen LogP contribution in [-0.2, 0) is 5.41 Å². The first kappa shape index (κ1) is 44.7. The predicted molar refractivity (Wildman–Crippen MR) is 319 cm³/mol. The van der Waals surface area contributed by atoms with Gasteiger partial charge >= 0.3 is 0 Å². The first-order valence-corrected chi connectivity index (χ1v) is 26.4. The maximum Gasteiger partial charge on any atom is 0.252 e. The van der Waals surface area contributed by atoms with E-state index < -0.39 is 0 Å². The summed E-state index contributed by atoms with van der Waals surface area (Å²) in [5.74, 6) is 2.47. The number of benzene rings is 10. The highest BCUT2D eigenvalue weighted by Crippen LogP contribution is 2.49. The SMILES string of the molecule is CC(C)(C)c1ccc(N(c2ccc(-c3cc4ccccc4o3)cc2)c2cc3c4c(c2)N(c2cccc(-c5cc6ccccc6o5)c2)c2cc(-c5cc6ccccc6o5)ccc2B4c2ccccc2N3c2ccccc2)cc1. The lowest BCUT2D eigenvalue weighted by Crippen LogP contribution is -2.61. The van der Waals surface area contributed by atoms with Gasteiger partial charge in [0.25, 0.3) is 6.71 Å². The van der Waals surface area contributed by atoms with Gasteiger partial charge in [-0.15, -0.1) is 0 Å². The number of para-hydroxylation sites is 5. The molecule has 15 rings (SSSR count). The second kappa shape index (κ2) is 17.4. The van der Waals surface area contributed by atoms with E-state index in [2.05, 4.69) is 248 Å². The molecule has 0 saturated carbocycles. The number of furan rings is 3. The third-order valence-corrected chi connectivity index (χ3v) is 15.6. The van der Waals surface area contributed by atoms with Crippen molar-refractivity contribution in [3.05, 3.63) is 254 Å².